The smallest absolute Gasteiger partial charge is 0.233 e. The zero-order chi connectivity index (χ0) is 17.4. The van der Waals surface area contributed by atoms with Gasteiger partial charge in [0.05, 0.1) is 10.9 Å². The molecule has 0 aliphatic carbocycles. The summed E-state index contributed by atoms with van der Waals surface area (Å²) < 4.78 is 6.82. The number of thioether (sulfide) groups is 1. The van der Waals surface area contributed by atoms with Crippen molar-refractivity contribution in [3.63, 3.8) is 0 Å². The van der Waals surface area contributed by atoms with E-state index in [9.17, 15) is 4.79 Å². The fourth-order valence-corrected chi connectivity index (χ4v) is 2.84. The fourth-order valence-electron chi connectivity index (χ4n) is 1.88. The number of aromatic nitrogens is 4. The number of carbonyl (C=O) groups is 1. The lowest BCUT2D eigenvalue weighted by atomic mass is 10.3. The van der Waals surface area contributed by atoms with E-state index in [-0.39, 0.29) is 11.2 Å². The molecule has 0 spiro atoms. The summed E-state index contributed by atoms with van der Waals surface area (Å²) in [4.78, 5) is 12.1. The van der Waals surface area contributed by atoms with Crippen LogP contribution in [0.3, 0.4) is 0 Å². The van der Waals surface area contributed by atoms with Crippen molar-refractivity contribution in [2.45, 2.75) is 30.7 Å². The minimum atomic E-state index is -0.311. The van der Waals surface area contributed by atoms with Crippen LogP contribution in [0.15, 0.2) is 29.4 Å². The monoisotopic (exact) mass is 369 g/mol. The third-order valence-corrected chi connectivity index (χ3v) is 4.42. The molecule has 2 rings (SSSR count). The Balaban J connectivity index is 1.90. The molecule has 0 bridgehead atoms. The van der Waals surface area contributed by atoms with E-state index in [2.05, 4.69) is 20.8 Å². The summed E-state index contributed by atoms with van der Waals surface area (Å²) in [5, 5.41) is 15.4. The molecule has 7 nitrogen and oxygen atoms in total. The lowest BCUT2D eigenvalue weighted by Crippen LogP contribution is -2.32. The molecular weight excluding hydrogens is 350 g/mol. The van der Waals surface area contributed by atoms with Crippen molar-refractivity contribution in [1.82, 2.24) is 25.5 Å². The summed E-state index contributed by atoms with van der Waals surface area (Å²) in [6.07, 6.45) is 0.791. The van der Waals surface area contributed by atoms with Gasteiger partial charge in [-0.2, -0.15) is 4.68 Å². The van der Waals surface area contributed by atoms with Gasteiger partial charge in [0.2, 0.25) is 11.1 Å². The summed E-state index contributed by atoms with van der Waals surface area (Å²) in [6.45, 7) is 5.69. The van der Waals surface area contributed by atoms with Gasteiger partial charge in [-0.25, -0.2) is 0 Å². The molecule has 1 unspecified atom stereocenters. The fraction of sp³-hybridized carbons (Fsp3) is 0.467. The van der Waals surface area contributed by atoms with Crippen LogP contribution in [-0.4, -0.2) is 51.1 Å². The minimum absolute atomic E-state index is 0.0536. The van der Waals surface area contributed by atoms with E-state index < -0.39 is 0 Å². The van der Waals surface area contributed by atoms with E-state index in [0.29, 0.717) is 29.9 Å². The van der Waals surface area contributed by atoms with E-state index in [0.717, 1.165) is 12.1 Å². The Kier molecular flexibility index (Phi) is 7.48. The molecule has 24 heavy (non-hydrogen) atoms. The Hall–Kier alpha value is -1.64. The van der Waals surface area contributed by atoms with Gasteiger partial charge in [0.25, 0.3) is 0 Å². The van der Waals surface area contributed by atoms with Crippen molar-refractivity contribution in [3.05, 3.63) is 29.3 Å². The molecule has 1 aromatic heterocycles. The highest BCUT2D eigenvalue weighted by Crippen LogP contribution is 2.23. The molecule has 1 atom stereocenters. The molecule has 0 radical (unpaired) electrons. The van der Waals surface area contributed by atoms with Crippen LogP contribution in [0.5, 0.6) is 0 Å². The number of nitrogens with zero attached hydrogens (tertiary/aromatic N) is 4. The number of hydrogen-bond acceptors (Lipinski definition) is 6. The van der Waals surface area contributed by atoms with Gasteiger partial charge in [0, 0.05) is 24.8 Å². The highest BCUT2D eigenvalue weighted by atomic mass is 35.5. The van der Waals surface area contributed by atoms with E-state index >= 15 is 0 Å². The van der Waals surface area contributed by atoms with Gasteiger partial charge in [-0.1, -0.05) is 23.4 Å². The normalized spacial score (nSPS) is 12.1. The topological polar surface area (TPSA) is 81.9 Å². The maximum absolute atomic E-state index is 12.1. The van der Waals surface area contributed by atoms with Gasteiger partial charge in [0.1, 0.15) is 0 Å². The van der Waals surface area contributed by atoms with Crippen LogP contribution < -0.4 is 5.32 Å². The van der Waals surface area contributed by atoms with Crippen LogP contribution in [-0.2, 0) is 9.53 Å². The number of tetrazole rings is 1. The van der Waals surface area contributed by atoms with Crippen LogP contribution >= 0.6 is 23.4 Å². The van der Waals surface area contributed by atoms with Gasteiger partial charge in [-0.05, 0) is 55.0 Å². The van der Waals surface area contributed by atoms with E-state index in [1.165, 1.54) is 11.8 Å². The summed E-state index contributed by atoms with van der Waals surface area (Å²) in [5.41, 5.74) is 0.788. The zero-order valence-electron chi connectivity index (χ0n) is 13.6. The van der Waals surface area contributed by atoms with Crippen LogP contribution in [0.25, 0.3) is 5.69 Å². The molecule has 1 N–H and O–H groups in total. The van der Waals surface area contributed by atoms with Gasteiger partial charge < -0.3 is 10.1 Å². The number of rotatable bonds is 9. The highest BCUT2D eigenvalue weighted by Gasteiger charge is 2.18. The van der Waals surface area contributed by atoms with E-state index in [4.69, 9.17) is 16.3 Å². The second-order valence-electron chi connectivity index (χ2n) is 4.95. The zero-order valence-corrected chi connectivity index (χ0v) is 15.2. The Labute approximate surface area is 150 Å². The maximum Gasteiger partial charge on any atom is 0.233 e. The highest BCUT2D eigenvalue weighted by molar-refractivity contribution is 8.00. The standard InChI is InChI=1S/C15H20ClN5O2S/c1-3-23-10-4-9-17-14(22)11(2)24-15-18-19-20-21(15)13-7-5-12(16)6-8-13/h5-8,11H,3-4,9-10H2,1-2H3,(H,17,22). The van der Waals surface area contributed by atoms with E-state index in [1.807, 2.05) is 26.0 Å². The molecule has 0 saturated carbocycles. The first-order valence-electron chi connectivity index (χ1n) is 7.68. The SMILES string of the molecule is CCOCCCNC(=O)C(C)Sc1nnnn1-c1ccc(Cl)cc1. The van der Waals surface area contributed by atoms with Crippen LogP contribution in [0.4, 0.5) is 0 Å². The average molecular weight is 370 g/mol. The lowest BCUT2D eigenvalue weighted by molar-refractivity contribution is -0.120. The van der Waals surface area contributed by atoms with E-state index in [1.54, 1.807) is 16.8 Å². The Bertz CT molecular complexity index is 650. The number of ether oxygens (including phenoxy) is 1. The number of halogens is 1. The Morgan fingerprint density at radius 2 is 2.17 bits per heavy atom. The minimum Gasteiger partial charge on any atom is -0.382 e. The molecule has 2 aromatic rings. The molecule has 1 aromatic carbocycles. The van der Waals surface area contributed by atoms with Gasteiger partial charge in [-0.15, -0.1) is 5.10 Å². The molecule has 0 aliphatic heterocycles. The number of benzene rings is 1. The third-order valence-electron chi connectivity index (χ3n) is 3.13. The predicted molar refractivity (Wildman–Crippen MR) is 93.6 cm³/mol. The first-order valence-corrected chi connectivity index (χ1v) is 8.94. The summed E-state index contributed by atoms with van der Waals surface area (Å²) in [7, 11) is 0. The van der Waals surface area contributed by atoms with Gasteiger partial charge in [-0.3, -0.25) is 4.79 Å². The summed E-state index contributed by atoms with van der Waals surface area (Å²) in [6, 6.07) is 7.17. The van der Waals surface area contributed by atoms with Crippen molar-refractivity contribution < 1.29 is 9.53 Å². The first-order chi connectivity index (χ1) is 11.6. The molecule has 0 fully saturated rings. The molecule has 1 amide bonds. The van der Waals surface area contributed by atoms with Crippen molar-refractivity contribution >= 4 is 29.3 Å². The molecule has 0 saturated heterocycles. The second kappa shape index (κ2) is 9.61. The molecule has 9 heteroatoms. The molecule has 130 valence electrons. The number of amides is 1. The molecule has 0 aliphatic rings. The third kappa shape index (κ3) is 5.47. The summed E-state index contributed by atoms with van der Waals surface area (Å²) >= 11 is 7.19. The lowest BCUT2D eigenvalue weighted by Gasteiger charge is -2.11. The van der Waals surface area contributed by atoms with Gasteiger partial charge in [0.15, 0.2) is 0 Å². The maximum atomic E-state index is 12.1. The van der Waals surface area contributed by atoms with Gasteiger partial charge >= 0.3 is 0 Å². The number of hydrogen-bond donors (Lipinski definition) is 1. The van der Waals surface area contributed by atoms with Crippen molar-refractivity contribution in [3.8, 4) is 5.69 Å². The van der Waals surface area contributed by atoms with Crippen molar-refractivity contribution in [1.29, 1.82) is 0 Å². The summed E-state index contributed by atoms with van der Waals surface area (Å²) in [5.74, 6) is -0.0536. The second-order valence-corrected chi connectivity index (χ2v) is 6.70. The van der Waals surface area contributed by atoms with Crippen molar-refractivity contribution in [2.75, 3.05) is 19.8 Å². The predicted octanol–water partition coefficient (Wildman–Crippen LogP) is 2.34. The Morgan fingerprint density at radius 1 is 1.42 bits per heavy atom. The largest absolute Gasteiger partial charge is 0.382 e. The number of nitrogens with one attached hydrogen (secondary N) is 1. The van der Waals surface area contributed by atoms with Crippen LogP contribution in [0.2, 0.25) is 5.02 Å². The molecule has 1 heterocycles. The quantitative estimate of drug-likeness (QED) is 0.539. The van der Waals surface area contributed by atoms with Crippen molar-refractivity contribution in [2.24, 2.45) is 0 Å². The number of carbonyl (C=O) groups excluding carboxylic acids is 1. The van der Waals surface area contributed by atoms with Crippen LogP contribution in [0, 0.1) is 0 Å². The Morgan fingerprint density at radius 3 is 2.88 bits per heavy atom. The molecular formula is C15H20ClN5O2S. The first kappa shape index (κ1) is 18.7. The average Bonchev–Trinajstić information content (AvgIpc) is 3.03. The van der Waals surface area contributed by atoms with Crippen LogP contribution in [0.1, 0.15) is 20.3 Å².